The van der Waals surface area contributed by atoms with E-state index in [-0.39, 0.29) is 24.7 Å². The molecule has 1 aliphatic heterocycles. The van der Waals surface area contributed by atoms with E-state index >= 15 is 0 Å². The van der Waals surface area contributed by atoms with E-state index in [9.17, 15) is 4.79 Å². The topological polar surface area (TPSA) is 100 Å². The third-order valence-electron chi connectivity index (χ3n) is 3.48. The number of amides is 2. The molecule has 1 aromatic heterocycles. The highest BCUT2D eigenvalue weighted by atomic mass is 16.5. The number of morpholine rings is 1. The van der Waals surface area contributed by atoms with Gasteiger partial charge >= 0.3 is 6.03 Å². The molecule has 0 aliphatic carbocycles. The Bertz CT molecular complexity index is 667. The highest BCUT2D eigenvalue weighted by Gasteiger charge is 2.24. The summed E-state index contributed by atoms with van der Waals surface area (Å²) in [6, 6.07) is 9.19. The molecule has 1 atom stereocenters. The molecule has 0 spiro atoms. The van der Waals surface area contributed by atoms with Crippen LogP contribution in [-0.2, 0) is 4.74 Å². The molecule has 23 heavy (non-hydrogen) atoms. The number of urea groups is 1. The van der Waals surface area contributed by atoms with Crippen molar-refractivity contribution in [3.05, 3.63) is 36.5 Å². The average Bonchev–Trinajstić information content (AvgIpc) is 2.63. The second-order valence-electron chi connectivity index (χ2n) is 5.08. The number of anilines is 1. The van der Waals surface area contributed by atoms with Crippen molar-refractivity contribution < 1.29 is 14.6 Å². The van der Waals surface area contributed by atoms with Crippen LogP contribution in [0.15, 0.2) is 36.5 Å². The molecule has 1 saturated heterocycles. The van der Waals surface area contributed by atoms with Gasteiger partial charge in [-0.05, 0) is 0 Å². The second-order valence-corrected chi connectivity index (χ2v) is 5.08. The fraction of sp³-hybridized carbons (Fsp3) is 0.333. The molecule has 2 aromatic rings. The van der Waals surface area contributed by atoms with Gasteiger partial charge in [-0.25, -0.2) is 9.78 Å². The number of hydrogen-bond donors (Lipinski definition) is 2. The van der Waals surface area contributed by atoms with E-state index in [0.717, 1.165) is 5.56 Å². The molecule has 2 amide bonds. The standard InChI is InChI=1S/C15H17N5O3/c21-10-12-9-20(6-7-23-12)15(22)18-14-17-13(8-16-19-14)11-4-2-1-3-5-11/h1-5,8,12,21H,6-7,9-10H2,(H,17,18,19,22)/t12-/m1/s1. The van der Waals surface area contributed by atoms with Crippen molar-refractivity contribution in [2.24, 2.45) is 0 Å². The molecule has 1 fully saturated rings. The van der Waals surface area contributed by atoms with Crippen LogP contribution in [0, 0.1) is 0 Å². The van der Waals surface area contributed by atoms with Crippen molar-refractivity contribution in [2.45, 2.75) is 6.10 Å². The average molecular weight is 315 g/mol. The Labute approximate surface area is 133 Å². The third-order valence-corrected chi connectivity index (χ3v) is 3.48. The molecule has 8 heteroatoms. The number of carbonyl (C=O) groups is 1. The summed E-state index contributed by atoms with van der Waals surface area (Å²) >= 11 is 0. The van der Waals surface area contributed by atoms with Crippen molar-refractivity contribution in [3.8, 4) is 11.3 Å². The molecule has 2 N–H and O–H groups in total. The second kappa shape index (κ2) is 7.12. The van der Waals surface area contributed by atoms with E-state index in [1.165, 1.54) is 0 Å². The number of nitrogens with zero attached hydrogens (tertiary/aromatic N) is 4. The first-order valence-electron chi connectivity index (χ1n) is 7.30. The maximum Gasteiger partial charge on any atom is 0.324 e. The number of aromatic nitrogens is 3. The number of rotatable bonds is 3. The zero-order chi connectivity index (χ0) is 16.1. The van der Waals surface area contributed by atoms with Crippen LogP contribution in [0.25, 0.3) is 11.3 Å². The summed E-state index contributed by atoms with van der Waals surface area (Å²) < 4.78 is 5.32. The first kappa shape index (κ1) is 15.3. The van der Waals surface area contributed by atoms with Gasteiger partial charge in [-0.15, -0.1) is 5.10 Å². The highest BCUT2D eigenvalue weighted by molar-refractivity contribution is 5.87. The summed E-state index contributed by atoms with van der Waals surface area (Å²) in [7, 11) is 0. The lowest BCUT2D eigenvalue weighted by atomic mass is 10.2. The number of hydrogen-bond acceptors (Lipinski definition) is 6. The zero-order valence-electron chi connectivity index (χ0n) is 12.4. The van der Waals surface area contributed by atoms with Crippen LogP contribution in [0.2, 0.25) is 0 Å². The van der Waals surface area contributed by atoms with Crippen molar-refractivity contribution in [1.29, 1.82) is 0 Å². The number of carbonyl (C=O) groups excluding carboxylic acids is 1. The maximum absolute atomic E-state index is 12.2. The first-order chi connectivity index (χ1) is 11.3. The lowest BCUT2D eigenvalue weighted by molar-refractivity contribution is -0.0388. The van der Waals surface area contributed by atoms with Gasteiger partial charge in [0.2, 0.25) is 0 Å². The van der Waals surface area contributed by atoms with Crippen LogP contribution in [0.1, 0.15) is 0 Å². The normalized spacial score (nSPS) is 17.8. The Morgan fingerprint density at radius 2 is 2.22 bits per heavy atom. The minimum Gasteiger partial charge on any atom is -0.394 e. The summed E-state index contributed by atoms with van der Waals surface area (Å²) in [4.78, 5) is 18.1. The SMILES string of the molecule is O=C(Nc1nncc(-c2ccccc2)n1)N1CCO[C@@H](CO)C1. The molecule has 0 radical (unpaired) electrons. The van der Waals surface area contributed by atoms with Gasteiger partial charge in [-0.3, -0.25) is 5.32 Å². The maximum atomic E-state index is 12.2. The molecule has 120 valence electrons. The predicted molar refractivity (Wildman–Crippen MR) is 82.7 cm³/mol. The van der Waals surface area contributed by atoms with E-state index < -0.39 is 0 Å². The molecule has 3 rings (SSSR count). The van der Waals surface area contributed by atoms with E-state index in [1.807, 2.05) is 30.3 Å². The van der Waals surface area contributed by atoms with Gasteiger partial charge in [0.15, 0.2) is 0 Å². The predicted octanol–water partition coefficient (Wildman–Crippen LogP) is 0.764. The van der Waals surface area contributed by atoms with Crippen LogP contribution in [-0.4, -0.2) is 63.6 Å². The van der Waals surface area contributed by atoms with Crippen LogP contribution in [0.3, 0.4) is 0 Å². The Balaban J connectivity index is 1.69. The Morgan fingerprint density at radius 3 is 3.00 bits per heavy atom. The number of aliphatic hydroxyl groups is 1. The van der Waals surface area contributed by atoms with Gasteiger partial charge in [0.1, 0.15) is 0 Å². The summed E-state index contributed by atoms with van der Waals surface area (Å²) in [6.07, 6.45) is 1.19. The molecule has 2 heterocycles. The van der Waals surface area contributed by atoms with E-state index in [1.54, 1.807) is 11.1 Å². The number of nitrogens with one attached hydrogen (secondary N) is 1. The van der Waals surface area contributed by atoms with E-state index in [0.29, 0.717) is 25.4 Å². The molecular formula is C15H17N5O3. The third kappa shape index (κ3) is 3.79. The van der Waals surface area contributed by atoms with Crippen LogP contribution < -0.4 is 5.32 Å². The molecule has 0 unspecified atom stereocenters. The van der Waals surface area contributed by atoms with Gasteiger partial charge in [0.05, 0.1) is 37.8 Å². The zero-order valence-corrected chi connectivity index (χ0v) is 12.4. The van der Waals surface area contributed by atoms with E-state index in [2.05, 4.69) is 20.5 Å². The molecule has 1 aliphatic rings. The molecule has 8 nitrogen and oxygen atoms in total. The van der Waals surface area contributed by atoms with Crippen molar-refractivity contribution >= 4 is 12.0 Å². The van der Waals surface area contributed by atoms with Gasteiger partial charge in [0.25, 0.3) is 5.95 Å². The van der Waals surface area contributed by atoms with Gasteiger partial charge in [-0.1, -0.05) is 30.3 Å². The molecule has 1 aromatic carbocycles. The number of benzene rings is 1. The quantitative estimate of drug-likeness (QED) is 0.867. The minimum atomic E-state index is -0.357. The summed E-state index contributed by atoms with van der Waals surface area (Å²) in [5.41, 5.74) is 1.52. The summed E-state index contributed by atoms with van der Waals surface area (Å²) in [5.74, 6) is 0.142. The Morgan fingerprint density at radius 1 is 1.39 bits per heavy atom. The summed E-state index contributed by atoms with van der Waals surface area (Å²) in [6.45, 7) is 1.05. The smallest absolute Gasteiger partial charge is 0.324 e. The molecule has 0 saturated carbocycles. The van der Waals surface area contributed by atoms with Crippen molar-refractivity contribution in [1.82, 2.24) is 20.1 Å². The monoisotopic (exact) mass is 315 g/mol. The van der Waals surface area contributed by atoms with E-state index in [4.69, 9.17) is 9.84 Å². The first-order valence-corrected chi connectivity index (χ1v) is 7.30. The lowest BCUT2D eigenvalue weighted by Crippen LogP contribution is -2.48. The number of ether oxygens (including phenoxy) is 1. The minimum absolute atomic E-state index is 0.120. The largest absolute Gasteiger partial charge is 0.394 e. The van der Waals surface area contributed by atoms with Crippen LogP contribution in [0.5, 0.6) is 0 Å². The van der Waals surface area contributed by atoms with Gasteiger partial charge in [-0.2, -0.15) is 5.10 Å². The summed E-state index contributed by atoms with van der Waals surface area (Å²) in [5, 5.41) is 19.5. The fourth-order valence-electron chi connectivity index (χ4n) is 2.29. The molecular weight excluding hydrogens is 298 g/mol. The van der Waals surface area contributed by atoms with Crippen molar-refractivity contribution in [2.75, 3.05) is 31.6 Å². The highest BCUT2D eigenvalue weighted by Crippen LogP contribution is 2.16. The Kier molecular flexibility index (Phi) is 4.74. The number of aliphatic hydroxyl groups excluding tert-OH is 1. The molecule has 0 bridgehead atoms. The Hall–Kier alpha value is -2.58. The lowest BCUT2D eigenvalue weighted by Gasteiger charge is -2.31. The van der Waals surface area contributed by atoms with Crippen LogP contribution in [0.4, 0.5) is 10.7 Å². The van der Waals surface area contributed by atoms with Gasteiger partial charge < -0.3 is 14.7 Å². The van der Waals surface area contributed by atoms with Crippen molar-refractivity contribution in [3.63, 3.8) is 0 Å². The van der Waals surface area contributed by atoms with Crippen LogP contribution >= 0.6 is 0 Å². The van der Waals surface area contributed by atoms with Gasteiger partial charge in [0, 0.05) is 12.1 Å². The fourth-order valence-corrected chi connectivity index (χ4v) is 2.29.